The maximum absolute atomic E-state index is 13.6. The minimum absolute atomic E-state index is 0.101. The Balaban J connectivity index is 2.04. The SMILES string of the molecule is Cc1ccc(C(N)CCc2c(F)cccc2Cl)cc1. The third-order valence-electron chi connectivity index (χ3n) is 3.27. The third-order valence-corrected chi connectivity index (χ3v) is 3.63. The Morgan fingerprint density at radius 2 is 1.84 bits per heavy atom. The molecule has 0 bridgehead atoms. The summed E-state index contributed by atoms with van der Waals surface area (Å²) >= 11 is 6.00. The number of hydrogen-bond acceptors (Lipinski definition) is 1. The van der Waals surface area contributed by atoms with Gasteiger partial charge in [-0.15, -0.1) is 0 Å². The van der Waals surface area contributed by atoms with Crippen LogP contribution in [0.1, 0.15) is 29.2 Å². The van der Waals surface area contributed by atoms with Crippen molar-refractivity contribution in [2.24, 2.45) is 5.73 Å². The van der Waals surface area contributed by atoms with Crippen LogP contribution in [-0.4, -0.2) is 0 Å². The minimum atomic E-state index is -0.261. The molecule has 2 aromatic carbocycles. The number of nitrogens with two attached hydrogens (primary N) is 1. The topological polar surface area (TPSA) is 26.0 Å². The number of benzene rings is 2. The van der Waals surface area contributed by atoms with Crippen LogP contribution in [0.15, 0.2) is 42.5 Å². The monoisotopic (exact) mass is 277 g/mol. The molecule has 1 unspecified atom stereocenters. The molecular weight excluding hydrogens is 261 g/mol. The van der Waals surface area contributed by atoms with Crippen molar-refractivity contribution in [2.45, 2.75) is 25.8 Å². The molecule has 2 aromatic rings. The first kappa shape index (κ1) is 14.0. The Bertz CT molecular complexity index is 531. The second-order valence-corrected chi connectivity index (χ2v) is 5.16. The average Bonchev–Trinajstić information content (AvgIpc) is 2.38. The molecule has 0 aromatic heterocycles. The summed E-state index contributed by atoms with van der Waals surface area (Å²) in [6.45, 7) is 2.04. The molecule has 0 spiro atoms. The zero-order valence-electron chi connectivity index (χ0n) is 10.9. The fourth-order valence-corrected chi connectivity index (χ4v) is 2.31. The Hall–Kier alpha value is -1.38. The molecule has 1 atom stereocenters. The van der Waals surface area contributed by atoms with E-state index in [-0.39, 0.29) is 11.9 Å². The summed E-state index contributed by atoms with van der Waals surface area (Å²) in [7, 11) is 0. The quantitative estimate of drug-likeness (QED) is 0.879. The Morgan fingerprint density at radius 1 is 1.16 bits per heavy atom. The maximum atomic E-state index is 13.6. The highest BCUT2D eigenvalue weighted by molar-refractivity contribution is 6.31. The summed E-state index contributed by atoms with van der Waals surface area (Å²) in [6.07, 6.45) is 1.21. The van der Waals surface area contributed by atoms with Gasteiger partial charge in [-0.2, -0.15) is 0 Å². The molecule has 100 valence electrons. The van der Waals surface area contributed by atoms with Crippen LogP contribution in [0.2, 0.25) is 5.02 Å². The van der Waals surface area contributed by atoms with E-state index in [2.05, 4.69) is 0 Å². The van der Waals surface area contributed by atoms with E-state index in [0.29, 0.717) is 23.4 Å². The molecule has 0 aliphatic rings. The van der Waals surface area contributed by atoms with Crippen LogP contribution in [0.5, 0.6) is 0 Å². The largest absolute Gasteiger partial charge is 0.324 e. The predicted octanol–water partition coefficient (Wildman–Crippen LogP) is 4.42. The van der Waals surface area contributed by atoms with E-state index in [0.717, 1.165) is 5.56 Å². The van der Waals surface area contributed by atoms with Crippen molar-refractivity contribution in [3.05, 3.63) is 70.0 Å². The third kappa shape index (κ3) is 3.55. The highest BCUT2D eigenvalue weighted by Crippen LogP contribution is 2.23. The highest BCUT2D eigenvalue weighted by Gasteiger charge is 2.10. The van der Waals surface area contributed by atoms with Crippen LogP contribution >= 0.6 is 11.6 Å². The second kappa shape index (κ2) is 6.18. The molecule has 0 amide bonds. The first-order chi connectivity index (χ1) is 9.08. The highest BCUT2D eigenvalue weighted by atomic mass is 35.5. The standard InChI is InChI=1S/C16H17ClFN/c1-11-5-7-12(8-6-11)16(19)10-9-13-14(17)3-2-4-15(13)18/h2-8,16H,9-10,19H2,1H3. The molecule has 0 fully saturated rings. The van der Waals surface area contributed by atoms with Gasteiger partial charge in [-0.05, 0) is 37.5 Å². The van der Waals surface area contributed by atoms with Gasteiger partial charge >= 0.3 is 0 Å². The van der Waals surface area contributed by atoms with Crippen molar-refractivity contribution >= 4 is 11.6 Å². The average molecular weight is 278 g/mol. The zero-order valence-corrected chi connectivity index (χ0v) is 11.6. The molecule has 3 heteroatoms. The molecular formula is C16H17ClFN. The second-order valence-electron chi connectivity index (χ2n) is 4.76. The lowest BCUT2D eigenvalue weighted by molar-refractivity contribution is 0.587. The Labute approximate surface area is 118 Å². The summed E-state index contributed by atoms with van der Waals surface area (Å²) in [5.74, 6) is -0.261. The van der Waals surface area contributed by atoms with Gasteiger partial charge in [-0.25, -0.2) is 4.39 Å². The fraction of sp³-hybridized carbons (Fsp3) is 0.250. The summed E-state index contributed by atoms with van der Waals surface area (Å²) in [5, 5.41) is 0.469. The summed E-state index contributed by atoms with van der Waals surface area (Å²) in [4.78, 5) is 0. The Morgan fingerprint density at radius 3 is 2.47 bits per heavy atom. The summed E-state index contributed by atoms with van der Waals surface area (Å²) < 4.78 is 13.6. The van der Waals surface area contributed by atoms with Crippen molar-refractivity contribution in [1.29, 1.82) is 0 Å². The van der Waals surface area contributed by atoms with Gasteiger partial charge in [-0.3, -0.25) is 0 Å². The van der Waals surface area contributed by atoms with Gasteiger partial charge in [0.2, 0.25) is 0 Å². The van der Waals surface area contributed by atoms with Crippen LogP contribution in [-0.2, 0) is 6.42 Å². The molecule has 0 radical (unpaired) electrons. The van der Waals surface area contributed by atoms with Crippen molar-refractivity contribution in [3.63, 3.8) is 0 Å². The van der Waals surface area contributed by atoms with E-state index >= 15 is 0 Å². The summed E-state index contributed by atoms with van der Waals surface area (Å²) in [6, 6.07) is 12.7. The van der Waals surface area contributed by atoms with Crippen LogP contribution in [0, 0.1) is 12.7 Å². The minimum Gasteiger partial charge on any atom is -0.324 e. The van der Waals surface area contributed by atoms with E-state index in [4.69, 9.17) is 17.3 Å². The molecule has 2 rings (SSSR count). The van der Waals surface area contributed by atoms with Crippen molar-refractivity contribution < 1.29 is 4.39 Å². The number of halogens is 2. The lowest BCUT2D eigenvalue weighted by atomic mass is 9.99. The lowest BCUT2D eigenvalue weighted by Gasteiger charge is -2.13. The van der Waals surface area contributed by atoms with Gasteiger partial charge in [0.15, 0.2) is 0 Å². The Kier molecular flexibility index (Phi) is 4.56. The fourth-order valence-electron chi connectivity index (χ4n) is 2.05. The van der Waals surface area contributed by atoms with E-state index in [9.17, 15) is 4.39 Å². The van der Waals surface area contributed by atoms with Gasteiger partial charge in [0, 0.05) is 16.6 Å². The molecule has 0 aliphatic carbocycles. The van der Waals surface area contributed by atoms with E-state index < -0.39 is 0 Å². The van der Waals surface area contributed by atoms with Crippen LogP contribution in [0.25, 0.3) is 0 Å². The molecule has 2 N–H and O–H groups in total. The van der Waals surface area contributed by atoms with Crippen LogP contribution < -0.4 is 5.73 Å². The molecule has 0 aliphatic heterocycles. The van der Waals surface area contributed by atoms with Crippen molar-refractivity contribution in [3.8, 4) is 0 Å². The molecule has 19 heavy (non-hydrogen) atoms. The number of hydrogen-bond donors (Lipinski definition) is 1. The lowest BCUT2D eigenvalue weighted by Crippen LogP contribution is -2.11. The van der Waals surface area contributed by atoms with Crippen LogP contribution in [0.4, 0.5) is 4.39 Å². The molecule has 0 saturated carbocycles. The van der Waals surface area contributed by atoms with Gasteiger partial charge < -0.3 is 5.73 Å². The van der Waals surface area contributed by atoms with Gasteiger partial charge in [0.1, 0.15) is 5.82 Å². The maximum Gasteiger partial charge on any atom is 0.127 e. The smallest absolute Gasteiger partial charge is 0.127 e. The van der Waals surface area contributed by atoms with Gasteiger partial charge in [-0.1, -0.05) is 47.5 Å². The zero-order chi connectivity index (χ0) is 13.8. The molecule has 1 nitrogen and oxygen atoms in total. The van der Waals surface area contributed by atoms with Crippen LogP contribution in [0.3, 0.4) is 0 Å². The molecule has 0 saturated heterocycles. The van der Waals surface area contributed by atoms with Crippen molar-refractivity contribution in [1.82, 2.24) is 0 Å². The normalized spacial score (nSPS) is 12.4. The summed E-state index contributed by atoms with van der Waals surface area (Å²) in [5.41, 5.74) is 8.95. The van der Waals surface area contributed by atoms with Gasteiger partial charge in [0.25, 0.3) is 0 Å². The first-order valence-electron chi connectivity index (χ1n) is 6.33. The number of rotatable bonds is 4. The molecule has 0 heterocycles. The van der Waals surface area contributed by atoms with E-state index in [1.165, 1.54) is 11.6 Å². The first-order valence-corrected chi connectivity index (χ1v) is 6.71. The predicted molar refractivity (Wildman–Crippen MR) is 77.8 cm³/mol. The van der Waals surface area contributed by atoms with E-state index in [1.807, 2.05) is 31.2 Å². The number of aryl methyl sites for hydroxylation is 1. The van der Waals surface area contributed by atoms with E-state index in [1.54, 1.807) is 12.1 Å². The van der Waals surface area contributed by atoms with Gasteiger partial charge in [0.05, 0.1) is 0 Å². The van der Waals surface area contributed by atoms with Crippen molar-refractivity contribution in [2.75, 3.05) is 0 Å².